The molecule has 0 saturated heterocycles. The number of aromatic nitrogens is 3. The molecule has 3 rings (SSSR count). The Morgan fingerprint density at radius 3 is 2.22 bits per heavy atom. The van der Waals surface area contributed by atoms with Crippen molar-refractivity contribution in [2.75, 3.05) is 7.05 Å². The largest absolute Gasteiger partial charge is 0.392 e. The first-order chi connectivity index (χ1) is 21.6. The highest BCUT2D eigenvalue weighted by Gasteiger charge is 2.15. The summed E-state index contributed by atoms with van der Waals surface area (Å²) in [4.78, 5) is 22.0. The Morgan fingerprint density at radius 2 is 1.73 bits per heavy atom. The number of nitrogens with one attached hydrogen (secondary N) is 3. The van der Waals surface area contributed by atoms with Crippen LogP contribution >= 0.6 is 0 Å². The molecule has 2 unspecified atom stereocenters. The summed E-state index contributed by atoms with van der Waals surface area (Å²) in [7, 11) is 1.90. The number of aldehydes is 1. The molecular formula is C39H61N5O. The molecule has 248 valence electrons. The van der Waals surface area contributed by atoms with Crippen LogP contribution in [0.3, 0.4) is 0 Å². The van der Waals surface area contributed by atoms with Crippen molar-refractivity contribution in [3.63, 3.8) is 0 Å². The van der Waals surface area contributed by atoms with E-state index in [-0.39, 0.29) is 0 Å². The molecule has 3 aromatic heterocycles. The zero-order chi connectivity index (χ0) is 34.4. The Kier molecular flexibility index (Phi) is 21.6. The molecule has 3 N–H and O–H groups in total. The summed E-state index contributed by atoms with van der Waals surface area (Å²) in [6, 6.07) is 6.09. The maximum Gasteiger partial charge on any atom is 0.151 e. The van der Waals surface area contributed by atoms with Gasteiger partial charge in [0.05, 0.1) is 23.1 Å². The molecule has 3 aromatic rings. The van der Waals surface area contributed by atoms with Gasteiger partial charge in [-0.1, -0.05) is 99.4 Å². The summed E-state index contributed by atoms with van der Waals surface area (Å²) >= 11 is 0. The molecule has 0 saturated carbocycles. The van der Waals surface area contributed by atoms with E-state index in [0.717, 1.165) is 69.0 Å². The smallest absolute Gasteiger partial charge is 0.151 e. The van der Waals surface area contributed by atoms with E-state index in [1.807, 2.05) is 76.8 Å². The Bertz CT molecular complexity index is 1320. The highest BCUT2D eigenvalue weighted by atomic mass is 16.1. The van der Waals surface area contributed by atoms with E-state index in [2.05, 4.69) is 63.4 Å². The van der Waals surface area contributed by atoms with E-state index in [1.165, 1.54) is 25.7 Å². The van der Waals surface area contributed by atoms with Crippen LogP contribution in [0.1, 0.15) is 106 Å². The van der Waals surface area contributed by atoms with Crippen LogP contribution in [0.5, 0.6) is 0 Å². The lowest BCUT2D eigenvalue weighted by molar-refractivity contribution is -0.104. The predicted octanol–water partition coefficient (Wildman–Crippen LogP) is 10.8. The molecule has 6 nitrogen and oxygen atoms in total. The number of carbonyl (C=O) groups is 1. The summed E-state index contributed by atoms with van der Waals surface area (Å²) in [5.74, 6) is 3.58. The molecule has 0 spiro atoms. The van der Waals surface area contributed by atoms with Crippen molar-refractivity contribution in [1.29, 1.82) is 5.41 Å². The number of rotatable bonds is 13. The lowest BCUT2D eigenvalue weighted by atomic mass is 9.83. The maximum atomic E-state index is 9.75. The van der Waals surface area contributed by atoms with Crippen LogP contribution in [0.25, 0.3) is 34.3 Å². The van der Waals surface area contributed by atoms with Gasteiger partial charge in [0, 0.05) is 47.9 Å². The first kappa shape index (κ1) is 41.2. The van der Waals surface area contributed by atoms with Crippen LogP contribution in [0.2, 0.25) is 0 Å². The third-order valence-corrected chi connectivity index (χ3v) is 8.05. The number of pyridine rings is 2. The molecule has 2 atom stereocenters. The second kappa shape index (κ2) is 23.6. The average Bonchev–Trinajstić information content (AvgIpc) is 3.54. The third-order valence-electron chi connectivity index (χ3n) is 8.05. The molecule has 3 heterocycles. The third kappa shape index (κ3) is 14.7. The molecule has 0 aliphatic carbocycles. The van der Waals surface area contributed by atoms with Crippen LogP contribution in [-0.2, 0) is 4.79 Å². The van der Waals surface area contributed by atoms with Crippen molar-refractivity contribution in [3.8, 4) is 11.3 Å². The summed E-state index contributed by atoms with van der Waals surface area (Å²) < 4.78 is 0. The van der Waals surface area contributed by atoms with Crippen molar-refractivity contribution in [2.24, 2.45) is 23.7 Å². The van der Waals surface area contributed by atoms with Crippen LogP contribution < -0.4 is 5.32 Å². The number of allylic oxidation sites excluding steroid dienone is 3. The van der Waals surface area contributed by atoms with Gasteiger partial charge in [-0.3, -0.25) is 9.78 Å². The highest BCUT2D eigenvalue weighted by molar-refractivity contribution is 6.00. The fourth-order valence-corrected chi connectivity index (χ4v) is 4.56. The van der Waals surface area contributed by atoms with Gasteiger partial charge < -0.3 is 15.7 Å². The van der Waals surface area contributed by atoms with E-state index in [9.17, 15) is 4.79 Å². The van der Waals surface area contributed by atoms with Crippen molar-refractivity contribution in [3.05, 3.63) is 72.0 Å². The number of nitrogens with zero attached hydrogens (tertiary/aromatic N) is 2. The zero-order valence-corrected chi connectivity index (χ0v) is 30.0. The fourth-order valence-electron chi connectivity index (χ4n) is 4.56. The normalized spacial score (nSPS) is 12.6. The quantitative estimate of drug-likeness (QED) is 0.101. The minimum atomic E-state index is 0.417. The van der Waals surface area contributed by atoms with E-state index in [0.29, 0.717) is 11.9 Å². The molecule has 0 amide bonds. The number of hydrogen-bond donors (Lipinski definition) is 3. The van der Waals surface area contributed by atoms with E-state index in [1.54, 1.807) is 13.0 Å². The minimum absolute atomic E-state index is 0.417. The minimum Gasteiger partial charge on any atom is -0.392 e. The molecule has 0 aromatic carbocycles. The Labute approximate surface area is 274 Å². The summed E-state index contributed by atoms with van der Waals surface area (Å²) in [6.45, 7) is 25.7. The van der Waals surface area contributed by atoms with Crippen LogP contribution in [0, 0.1) is 29.1 Å². The molecule has 0 fully saturated rings. The molecule has 0 radical (unpaired) electrons. The number of fused-ring (bicyclic) bond motifs is 1. The Balaban J connectivity index is 0.000000723. The second-order valence-electron chi connectivity index (χ2n) is 11.7. The molecule has 0 aliphatic rings. The number of H-pyrrole nitrogens is 1. The molecule has 45 heavy (non-hydrogen) atoms. The van der Waals surface area contributed by atoms with Gasteiger partial charge in [-0.2, -0.15) is 0 Å². The van der Waals surface area contributed by atoms with Gasteiger partial charge >= 0.3 is 0 Å². The molecule has 6 heteroatoms. The van der Waals surface area contributed by atoms with Gasteiger partial charge in [-0.25, -0.2) is 4.98 Å². The zero-order valence-electron chi connectivity index (χ0n) is 30.0. The Hall–Kier alpha value is -3.80. The monoisotopic (exact) mass is 615 g/mol. The summed E-state index contributed by atoms with van der Waals surface area (Å²) in [5, 5.41) is 10.8. The first-order valence-electron chi connectivity index (χ1n) is 16.6. The maximum absolute atomic E-state index is 9.75. The highest BCUT2D eigenvalue weighted by Crippen LogP contribution is 2.28. The van der Waals surface area contributed by atoms with E-state index >= 15 is 0 Å². The Morgan fingerprint density at radius 1 is 1.04 bits per heavy atom. The lowest BCUT2D eigenvalue weighted by Crippen LogP contribution is -2.12. The SMILES string of the molecule is C/C=C(\C=N)C=O.C=Cc1ccc(-c2cncc3[nH]ccc23)nc1/C=C(\C)NC.CC.CCCC(CCC(C)C(C)C)C(C)C. The van der Waals surface area contributed by atoms with E-state index < -0.39 is 0 Å². The van der Waals surface area contributed by atoms with Crippen molar-refractivity contribution < 1.29 is 4.79 Å². The van der Waals surface area contributed by atoms with Gasteiger partial charge in [0.25, 0.3) is 0 Å². The number of hydrogen-bond acceptors (Lipinski definition) is 5. The van der Waals surface area contributed by atoms with Gasteiger partial charge in [0.1, 0.15) is 0 Å². The predicted molar refractivity (Wildman–Crippen MR) is 199 cm³/mol. The lowest BCUT2D eigenvalue weighted by Gasteiger charge is -2.23. The van der Waals surface area contributed by atoms with Gasteiger partial charge in [-0.05, 0) is 67.7 Å². The second-order valence-corrected chi connectivity index (χ2v) is 11.7. The first-order valence-corrected chi connectivity index (χ1v) is 16.6. The van der Waals surface area contributed by atoms with Crippen molar-refractivity contribution in [2.45, 2.75) is 94.9 Å². The van der Waals surface area contributed by atoms with Crippen molar-refractivity contribution in [1.82, 2.24) is 20.3 Å². The fraction of sp³-hybridized carbons (Fsp3) is 0.487. The van der Waals surface area contributed by atoms with Crippen LogP contribution in [-0.4, -0.2) is 34.5 Å². The molecule has 0 bridgehead atoms. The summed E-state index contributed by atoms with van der Waals surface area (Å²) in [5.41, 5.74) is 6.30. The van der Waals surface area contributed by atoms with Crippen molar-refractivity contribution >= 4 is 35.6 Å². The average molecular weight is 616 g/mol. The number of carbonyl (C=O) groups excluding carboxylic acids is 1. The van der Waals surface area contributed by atoms with Gasteiger partial charge in [0.15, 0.2) is 6.29 Å². The molecule has 0 aliphatic heterocycles. The van der Waals surface area contributed by atoms with E-state index in [4.69, 9.17) is 10.4 Å². The van der Waals surface area contributed by atoms with Gasteiger partial charge in [0.2, 0.25) is 0 Å². The number of aromatic amines is 1. The standard InChI is InChI=1S/C18H18N4.C14H30.C5H7NO.C2H6/c1-4-13-5-6-16(22-17(13)9-12(2)19-3)15-10-20-11-18-14(15)7-8-21-18;1-7-8-14(12(4)5)10-9-13(6)11(2)3;1-2-5(3-6)4-7;1-2/h4-11,19,21H,1H2,2-3H3;11-14H,7-10H2,1-6H3;2-4,6H,1H3;1-2H3/b12-9+;;5-2+,6-3?;. The van der Waals surface area contributed by atoms with Gasteiger partial charge in [-0.15, -0.1) is 0 Å². The van der Waals surface area contributed by atoms with Crippen LogP contribution in [0.4, 0.5) is 0 Å². The van der Waals surface area contributed by atoms with Crippen LogP contribution in [0.15, 0.2) is 60.7 Å². The summed E-state index contributed by atoms with van der Waals surface area (Å²) in [6.07, 6.45) is 18.3. The topological polar surface area (TPSA) is 94.5 Å². The molecular weight excluding hydrogens is 554 g/mol.